The van der Waals surface area contributed by atoms with E-state index in [2.05, 4.69) is 10.2 Å². The number of hydrogen-bond acceptors (Lipinski definition) is 6. The van der Waals surface area contributed by atoms with Crippen LogP contribution in [0, 0.1) is 12.8 Å². The van der Waals surface area contributed by atoms with Crippen LogP contribution in [0.1, 0.15) is 31.7 Å². The molecule has 178 valence electrons. The van der Waals surface area contributed by atoms with Gasteiger partial charge in [-0.25, -0.2) is 0 Å². The molecule has 1 aliphatic heterocycles. The Morgan fingerprint density at radius 3 is 2.62 bits per heavy atom. The van der Waals surface area contributed by atoms with Gasteiger partial charge in [0.2, 0.25) is 17.6 Å². The molecule has 0 spiro atoms. The second kappa shape index (κ2) is 9.66. The van der Waals surface area contributed by atoms with Crippen LogP contribution in [0.3, 0.4) is 0 Å². The second-order valence-electron chi connectivity index (χ2n) is 9.04. The molecule has 9 heteroatoms. The molecule has 8 nitrogen and oxygen atoms in total. The van der Waals surface area contributed by atoms with Crippen LogP contribution in [-0.2, 0) is 9.59 Å². The van der Waals surface area contributed by atoms with Gasteiger partial charge in [-0.2, -0.15) is 0 Å². The Morgan fingerprint density at radius 1 is 1.12 bits per heavy atom. The van der Waals surface area contributed by atoms with Gasteiger partial charge in [0.25, 0.3) is 0 Å². The summed E-state index contributed by atoms with van der Waals surface area (Å²) in [6.07, 6.45) is 4.76. The molecule has 0 bridgehead atoms. The Balaban J connectivity index is 1.29. The van der Waals surface area contributed by atoms with Gasteiger partial charge in [-0.3, -0.25) is 14.2 Å². The quantitative estimate of drug-likeness (QED) is 0.500. The summed E-state index contributed by atoms with van der Waals surface area (Å²) in [4.78, 5) is 29.6. The molecule has 3 aromatic rings. The molecule has 1 saturated carbocycles. The lowest BCUT2D eigenvalue weighted by Crippen LogP contribution is -2.57. The lowest BCUT2D eigenvalue weighted by Gasteiger charge is -2.42. The van der Waals surface area contributed by atoms with E-state index >= 15 is 0 Å². The fourth-order valence-corrected chi connectivity index (χ4v) is 5.43. The first-order valence-corrected chi connectivity index (χ1v) is 12.8. The highest BCUT2D eigenvalue weighted by Crippen LogP contribution is 2.31. The van der Waals surface area contributed by atoms with Crippen molar-refractivity contribution < 1.29 is 14.0 Å². The number of carbonyl (C=O) groups excluding carboxylic acids is 2. The first-order valence-electron chi connectivity index (χ1n) is 11.8. The smallest absolute Gasteiger partial charge is 0.233 e. The maximum atomic E-state index is 13.1. The van der Waals surface area contributed by atoms with Gasteiger partial charge >= 0.3 is 0 Å². The highest BCUT2D eigenvalue weighted by Gasteiger charge is 2.35. The number of aryl methyl sites for hydroxylation is 1. The lowest BCUT2D eigenvalue weighted by molar-refractivity contribution is -0.146. The third-order valence-electron chi connectivity index (χ3n) is 6.77. The van der Waals surface area contributed by atoms with Crippen molar-refractivity contribution in [3.8, 4) is 17.3 Å². The average Bonchev–Trinajstić information content (AvgIpc) is 3.46. The van der Waals surface area contributed by atoms with Crippen LogP contribution in [0.5, 0.6) is 0 Å². The second-order valence-corrected chi connectivity index (χ2v) is 9.98. The van der Waals surface area contributed by atoms with Crippen LogP contribution < -0.4 is 0 Å². The van der Waals surface area contributed by atoms with Crippen molar-refractivity contribution in [2.75, 3.05) is 25.4 Å². The summed E-state index contributed by atoms with van der Waals surface area (Å²) in [5.74, 6) is 1.98. The van der Waals surface area contributed by atoms with Crippen molar-refractivity contribution in [1.29, 1.82) is 0 Å². The normalized spacial score (nSPS) is 18.7. The predicted octanol–water partition coefficient (Wildman–Crippen LogP) is 3.79. The fraction of sp³-hybridized carbons (Fsp3) is 0.440. The van der Waals surface area contributed by atoms with Crippen LogP contribution in [0.4, 0.5) is 0 Å². The number of para-hydroxylation sites is 1. The van der Waals surface area contributed by atoms with Gasteiger partial charge in [0.15, 0.2) is 10.9 Å². The van der Waals surface area contributed by atoms with Crippen molar-refractivity contribution in [3.05, 3.63) is 48.2 Å². The summed E-state index contributed by atoms with van der Waals surface area (Å²) in [5.41, 5.74) is 2.02. The van der Waals surface area contributed by atoms with Crippen LogP contribution in [-0.4, -0.2) is 67.8 Å². The number of thioether (sulfide) groups is 1. The number of carbonyl (C=O) groups is 2. The van der Waals surface area contributed by atoms with Crippen LogP contribution >= 0.6 is 11.8 Å². The van der Waals surface area contributed by atoms with Crippen molar-refractivity contribution >= 4 is 23.6 Å². The number of nitrogens with zero attached hydrogens (tertiary/aromatic N) is 5. The van der Waals surface area contributed by atoms with E-state index < -0.39 is 0 Å². The van der Waals surface area contributed by atoms with E-state index in [-0.39, 0.29) is 29.5 Å². The Labute approximate surface area is 203 Å². The molecule has 1 aliphatic carbocycles. The zero-order chi connectivity index (χ0) is 23.7. The van der Waals surface area contributed by atoms with Crippen molar-refractivity contribution in [2.24, 2.45) is 5.92 Å². The zero-order valence-corrected chi connectivity index (χ0v) is 20.3. The first kappa shape index (κ1) is 22.7. The highest BCUT2D eigenvalue weighted by molar-refractivity contribution is 7.99. The maximum absolute atomic E-state index is 13.1. The minimum atomic E-state index is 0.0389. The molecule has 3 heterocycles. The van der Waals surface area contributed by atoms with Crippen molar-refractivity contribution in [3.63, 3.8) is 0 Å². The third-order valence-corrected chi connectivity index (χ3v) is 7.69. The molecule has 0 radical (unpaired) electrons. The number of aromatic nitrogens is 3. The summed E-state index contributed by atoms with van der Waals surface area (Å²) in [7, 11) is 0. The van der Waals surface area contributed by atoms with E-state index in [1.54, 1.807) is 6.26 Å². The van der Waals surface area contributed by atoms with Crippen LogP contribution in [0.15, 0.2) is 52.2 Å². The number of hydrogen-bond donors (Lipinski definition) is 0. The topological polar surface area (TPSA) is 84.5 Å². The molecule has 2 aromatic heterocycles. The first-order chi connectivity index (χ1) is 16.5. The SMILES string of the molecule is Cc1ccccc1-n1c(SCC(=O)N2CCN(C(=O)C3CCC3)C(C)C2)nnc1-c1ccco1. The Bertz CT molecular complexity index is 1170. The number of amides is 2. The van der Waals surface area contributed by atoms with Gasteiger partial charge in [0.05, 0.1) is 17.7 Å². The van der Waals surface area contributed by atoms with E-state index in [9.17, 15) is 9.59 Å². The van der Waals surface area contributed by atoms with E-state index in [4.69, 9.17) is 4.42 Å². The molecule has 0 N–H and O–H groups in total. The summed E-state index contributed by atoms with van der Waals surface area (Å²) in [6.45, 7) is 5.82. The molecule has 1 saturated heterocycles. The highest BCUT2D eigenvalue weighted by atomic mass is 32.2. The van der Waals surface area contributed by atoms with Gasteiger partial charge in [0.1, 0.15) is 0 Å². The molecule has 1 unspecified atom stereocenters. The minimum absolute atomic E-state index is 0.0389. The monoisotopic (exact) mass is 479 g/mol. The van der Waals surface area contributed by atoms with E-state index in [1.807, 2.05) is 64.6 Å². The lowest BCUT2D eigenvalue weighted by atomic mass is 9.84. The third kappa shape index (κ3) is 4.36. The maximum Gasteiger partial charge on any atom is 0.233 e. The van der Waals surface area contributed by atoms with Crippen molar-refractivity contribution in [2.45, 2.75) is 44.3 Å². The molecule has 2 fully saturated rings. The number of furan rings is 1. The van der Waals surface area contributed by atoms with Gasteiger partial charge in [0, 0.05) is 31.6 Å². The average molecular weight is 480 g/mol. The van der Waals surface area contributed by atoms with Gasteiger partial charge in [-0.05, 0) is 50.5 Å². The molecule has 1 atom stereocenters. The minimum Gasteiger partial charge on any atom is -0.461 e. The summed E-state index contributed by atoms with van der Waals surface area (Å²) in [5, 5.41) is 9.39. The standard InChI is InChI=1S/C25H29N5O3S/c1-17-7-3-4-10-20(17)30-23(21-11-6-14-33-21)26-27-25(30)34-16-22(31)28-12-13-29(18(2)15-28)24(32)19-8-5-9-19/h3-4,6-7,10-11,14,18-19H,5,8-9,12-13,15-16H2,1-2H3. The molecular weight excluding hydrogens is 450 g/mol. The summed E-state index contributed by atoms with van der Waals surface area (Å²) >= 11 is 1.37. The van der Waals surface area contributed by atoms with E-state index in [0.717, 1.165) is 30.5 Å². The predicted molar refractivity (Wildman–Crippen MR) is 130 cm³/mol. The molecule has 5 rings (SSSR count). The van der Waals surface area contributed by atoms with Crippen molar-refractivity contribution in [1.82, 2.24) is 24.6 Å². The largest absolute Gasteiger partial charge is 0.461 e. The molecule has 2 amide bonds. The Hall–Kier alpha value is -3.07. The molecule has 34 heavy (non-hydrogen) atoms. The number of piperazine rings is 1. The van der Waals surface area contributed by atoms with Crippen LogP contribution in [0.25, 0.3) is 17.3 Å². The van der Waals surface area contributed by atoms with E-state index in [0.29, 0.717) is 36.4 Å². The Morgan fingerprint density at radius 2 is 1.94 bits per heavy atom. The van der Waals surface area contributed by atoms with Gasteiger partial charge in [-0.1, -0.05) is 36.4 Å². The van der Waals surface area contributed by atoms with Crippen LogP contribution in [0.2, 0.25) is 0 Å². The van der Waals surface area contributed by atoms with E-state index in [1.165, 1.54) is 11.8 Å². The number of benzene rings is 1. The molecular formula is C25H29N5O3S. The molecule has 1 aromatic carbocycles. The Kier molecular flexibility index (Phi) is 6.45. The fourth-order valence-electron chi connectivity index (χ4n) is 4.58. The summed E-state index contributed by atoms with van der Waals surface area (Å²) < 4.78 is 7.53. The van der Waals surface area contributed by atoms with Gasteiger partial charge in [-0.15, -0.1) is 10.2 Å². The zero-order valence-electron chi connectivity index (χ0n) is 19.5. The molecule has 2 aliphatic rings. The summed E-state index contributed by atoms with van der Waals surface area (Å²) in [6, 6.07) is 11.7. The number of rotatable bonds is 6. The van der Waals surface area contributed by atoms with Gasteiger partial charge < -0.3 is 14.2 Å².